The highest BCUT2D eigenvalue weighted by Crippen LogP contribution is 2.66. The molecule has 4 nitrogen and oxygen atoms in total. The summed E-state index contributed by atoms with van der Waals surface area (Å²) in [5.74, 6) is 3.35. The zero-order valence-electron chi connectivity index (χ0n) is 10.4. The molecular formula is C14H15IN2O2. The summed E-state index contributed by atoms with van der Waals surface area (Å²) < 4.78 is 0.908. The number of hydrogen-bond acceptors (Lipinski definition) is 3. The molecule has 3 aliphatic rings. The van der Waals surface area contributed by atoms with Gasteiger partial charge in [0.25, 0.3) is 5.69 Å². The van der Waals surface area contributed by atoms with Crippen molar-refractivity contribution in [1.29, 1.82) is 0 Å². The maximum Gasteiger partial charge on any atom is 0.293 e. The summed E-state index contributed by atoms with van der Waals surface area (Å²) in [6, 6.07) is 5.93. The van der Waals surface area contributed by atoms with Gasteiger partial charge in [-0.05, 0) is 77.7 Å². The molecule has 1 aromatic carbocycles. The monoisotopic (exact) mass is 370 g/mol. The minimum Gasteiger partial charge on any atom is -0.376 e. The van der Waals surface area contributed by atoms with E-state index in [2.05, 4.69) is 27.9 Å². The topological polar surface area (TPSA) is 55.2 Å². The van der Waals surface area contributed by atoms with Gasteiger partial charge in [0.1, 0.15) is 5.69 Å². The molecule has 1 aromatic rings. The molecule has 4 unspecified atom stereocenters. The average molecular weight is 370 g/mol. The molecule has 4 atom stereocenters. The summed E-state index contributed by atoms with van der Waals surface area (Å²) in [6.07, 6.45) is 4.15. The summed E-state index contributed by atoms with van der Waals surface area (Å²) in [5, 5.41) is 14.6. The number of anilines is 1. The molecule has 0 aromatic heterocycles. The summed E-state index contributed by atoms with van der Waals surface area (Å²) in [6.45, 7) is 0. The second-order valence-corrected chi connectivity index (χ2v) is 7.32. The van der Waals surface area contributed by atoms with Crippen molar-refractivity contribution >= 4 is 34.0 Å². The van der Waals surface area contributed by atoms with Gasteiger partial charge >= 0.3 is 0 Å². The van der Waals surface area contributed by atoms with Crippen molar-refractivity contribution in [2.75, 3.05) is 5.32 Å². The average Bonchev–Trinajstić information content (AvgIpc) is 2.79. The maximum atomic E-state index is 11.1. The molecule has 4 rings (SSSR count). The first-order chi connectivity index (χ1) is 9.15. The summed E-state index contributed by atoms with van der Waals surface area (Å²) in [4.78, 5) is 10.8. The Morgan fingerprint density at radius 3 is 2.58 bits per heavy atom. The third kappa shape index (κ3) is 1.77. The number of nitrogens with zero attached hydrogens (tertiary/aromatic N) is 1. The first-order valence-electron chi connectivity index (χ1n) is 6.85. The van der Waals surface area contributed by atoms with Crippen LogP contribution in [0.1, 0.15) is 19.3 Å². The van der Waals surface area contributed by atoms with Crippen LogP contribution in [0.5, 0.6) is 0 Å². The van der Waals surface area contributed by atoms with Gasteiger partial charge in [0.2, 0.25) is 0 Å². The number of benzene rings is 1. The molecule has 3 aliphatic carbocycles. The van der Waals surface area contributed by atoms with Crippen LogP contribution in [0.15, 0.2) is 18.2 Å². The van der Waals surface area contributed by atoms with Crippen LogP contribution in [0.3, 0.4) is 0 Å². The third-order valence-electron chi connectivity index (χ3n) is 5.21. The zero-order valence-corrected chi connectivity index (χ0v) is 12.5. The number of fused-ring (bicyclic) bond motifs is 5. The smallest absolute Gasteiger partial charge is 0.293 e. The first-order valence-corrected chi connectivity index (χ1v) is 7.93. The van der Waals surface area contributed by atoms with Crippen LogP contribution in [-0.4, -0.2) is 11.0 Å². The van der Waals surface area contributed by atoms with E-state index in [0.717, 1.165) is 27.2 Å². The fourth-order valence-electron chi connectivity index (χ4n) is 4.48. The third-order valence-corrected chi connectivity index (χ3v) is 5.88. The minimum absolute atomic E-state index is 0.212. The molecule has 0 heterocycles. The number of nitro benzene ring substituents is 1. The molecule has 3 saturated carbocycles. The highest BCUT2D eigenvalue weighted by molar-refractivity contribution is 14.1. The summed E-state index contributed by atoms with van der Waals surface area (Å²) in [7, 11) is 0. The van der Waals surface area contributed by atoms with Crippen LogP contribution in [0, 0.1) is 37.4 Å². The molecular weight excluding hydrogens is 355 g/mol. The van der Waals surface area contributed by atoms with Gasteiger partial charge in [-0.2, -0.15) is 0 Å². The molecule has 0 radical (unpaired) electrons. The largest absolute Gasteiger partial charge is 0.376 e. The second-order valence-electron chi connectivity index (χ2n) is 6.08. The van der Waals surface area contributed by atoms with E-state index in [0.29, 0.717) is 11.7 Å². The first kappa shape index (κ1) is 11.9. The molecule has 100 valence electrons. The van der Waals surface area contributed by atoms with Gasteiger partial charge in [-0.3, -0.25) is 10.1 Å². The zero-order chi connectivity index (χ0) is 13.1. The van der Waals surface area contributed by atoms with Gasteiger partial charge in [-0.25, -0.2) is 0 Å². The Kier molecular flexibility index (Phi) is 2.56. The van der Waals surface area contributed by atoms with Gasteiger partial charge < -0.3 is 5.32 Å². The molecule has 3 fully saturated rings. The van der Waals surface area contributed by atoms with Crippen molar-refractivity contribution in [3.63, 3.8) is 0 Å². The fraction of sp³-hybridized carbons (Fsp3) is 0.571. The van der Waals surface area contributed by atoms with Crippen LogP contribution < -0.4 is 5.32 Å². The second kappa shape index (κ2) is 4.07. The number of nitro groups is 1. The normalized spacial score (nSPS) is 38.1. The number of hydrogen-bond donors (Lipinski definition) is 1. The van der Waals surface area contributed by atoms with Crippen molar-refractivity contribution in [3.05, 3.63) is 31.9 Å². The Balaban J connectivity index is 1.57. The SMILES string of the molecule is O=[N+]([O-])c1cc(I)ccc1NC1C2C3CCC(C3)C12. The van der Waals surface area contributed by atoms with Crippen LogP contribution in [0.2, 0.25) is 0 Å². The maximum absolute atomic E-state index is 11.1. The molecule has 0 spiro atoms. The van der Waals surface area contributed by atoms with E-state index in [1.165, 1.54) is 19.3 Å². The lowest BCUT2D eigenvalue weighted by Gasteiger charge is -2.12. The molecule has 5 heteroatoms. The molecule has 19 heavy (non-hydrogen) atoms. The van der Waals surface area contributed by atoms with Crippen LogP contribution in [0.4, 0.5) is 11.4 Å². The summed E-state index contributed by atoms with van der Waals surface area (Å²) in [5.41, 5.74) is 0.911. The van der Waals surface area contributed by atoms with E-state index < -0.39 is 0 Å². The Labute approximate surface area is 125 Å². The van der Waals surface area contributed by atoms with Crippen molar-refractivity contribution in [2.24, 2.45) is 23.7 Å². The van der Waals surface area contributed by atoms with Gasteiger partial charge in [-0.15, -0.1) is 0 Å². The van der Waals surface area contributed by atoms with Crippen LogP contribution in [-0.2, 0) is 0 Å². The van der Waals surface area contributed by atoms with E-state index in [4.69, 9.17) is 0 Å². The van der Waals surface area contributed by atoms with Crippen molar-refractivity contribution in [2.45, 2.75) is 25.3 Å². The highest BCUT2D eigenvalue weighted by Gasteiger charge is 2.65. The molecule has 0 saturated heterocycles. The van der Waals surface area contributed by atoms with E-state index in [-0.39, 0.29) is 10.6 Å². The number of rotatable bonds is 3. The lowest BCUT2D eigenvalue weighted by molar-refractivity contribution is -0.384. The Morgan fingerprint density at radius 1 is 1.26 bits per heavy atom. The minimum atomic E-state index is -0.280. The van der Waals surface area contributed by atoms with Gasteiger partial charge in [-0.1, -0.05) is 0 Å². The predicted octanol–water partition coefficient (Wildman–Crippen LogP) is 3.66. The van der Waals surface area contributed by atoms with Crippen LogP contribution >= 0.6 is 22.6 Å². The van der Waals surface area contributed by atoms with Gasteiger partial charge in [0, 0.05) is 15.7 Å². The number of nitrogens with one attached hydrogen (secondary N) is 1. The van der Waals surface area contributed by atoms with E-state index >= 15 is 0 Å². The molecule has 0 aliphatic heterocycles. The quantitative estimate of drug-likeness (QED) is 0.502. The lowest BCUT2D eigenvalue weighted by atomic mass is 10.0. The molecule has 0 amide bonds. The number of halogens is 1. The Hall–Kier alpha value is -0.850. The predicted molar refractivity (Wildman–Crippen MR) is 81.0 cm³/mol. The van der Waals surface area contributed by atoms with E-state index in [1.54, 1.807) is 6.07 Å². The van der Waals surface area contributed by atoms with Gasteiger partial charge in [0.15, 0.2) is 0 Å². The Morgan fingerprint density at radius 2 is 1.95 bits per heavy atom. The van der Waals surface area contributed by atoms with Crippen molar-refractivity contribution in [1.82, 2.24) is 0 Å². The summed E-state index contributed by atoms with van der Waals surface area (Å²) >= 11 is 2.12. The molecule has 1 N–H and O–H groups in total. The standard InChI is InChI=1S/C14H15IN2O2/c15-9-3-4-10(11(6-9)17(18)19)16-14-12-7-1-2-8(5-7)13(12)14/h3-4,6-8,12-14,16H,1-2,5H2. The van der Waals surface area contributed by atoms with Crippen molar-refractivity contribution < 1.29 is 4.92 Å². The van der Waals surface area contributed by atoms with Crippen LogP contribution in [0.25, 0.3) is 0 Å². The fourth-order valence-corrected chi connectivity index (χ4v) is 4.95. The highest BCUT2D eigenvalue weighted by atomic mass is 127. The van der Waals surface area contributed by atoms with E-state index in [9.17, 15) is 10.1 Å². The molecule has 2 bridgehead atoms. The Bertz CT molecular complexity index is 546. The van der Waals surface area contributed by atoms with E-state index in [1.807, 2.05) is 12.1 Å². The van der Waals surface area contributed by atoms with Gasteiger partial charge in [0.05, 0.1) is 4.92 Å². The lowest BCUT2D eigenvalue weighted by Crippen LogP contribution is -2.13. The van der Waals surface area contributed by atoms with Crippen molar-refractivity contribution in [3.8, 4) is 0 Å².